The molecule has 0 aromatic rings. The van der Waals surface area contributed by atoms with E-state index in [1.165, 1.54) is 32.4 Å². The van der Waals surface area contributed by atoms with Crippen molar-refractivity contribution < 1.29 is 0 Å². The van der Waals surface area contributed by atoms with Gasteiger partial charge in [-0.25, -0.2) is 0 Å². The third-order valence-electron chi connectivity index (χ3n) is 1.96. The maximum Gasteiger partial charge on any atom is 0.00967 e. The predicted octanol–water partition coefficient (Wildman–Crippen LogP) is 1.79. The molecule has 1 fully saturated rings. The molecule has 1 aliphatic rings. The van der Waals surface area contributed by atoms with Crippen molar-refractivity contribution in [3.05, 3.63) is 0 Å². The van der Waals surface area contributed by atoms with E-state index in [-0.39, 0.29) is 0 Å². The molecule has 0 unspecified atom stereocenters. The third kappa shape index (κ3) is 2.51. The predicted molar refractivity (Wildman–Crippen MR) is 48.7 cm³/mol. The second-order valence-corrected chi connectivity index (χ2v) is 3.44. The first kappa shape index (κ1) is 8.41. The van der Waals surface area contributed by atoms with Crippen LogP contribution in [0.5, 0.6) is 0 Å². The molecule has 10 heavy (non-hydrogen) atoms. The van der Waals surface area contributed by atoms with E-state index < -0.39 is 0 Å². The van der Waals surface area contributed by atoms with Gasteiger partial charge in [-0.1, -0.05) is 6.92 Å². The van der Waals surface area contributed by atoms with E-state index in [0.29, 0.717) is 0 Å². The van der Waals surface area contributed by atoms with Crippen LogP contribution in [0.15, 0.2) is 0 Å². The normalized spacial score (nSPS) is 18.3. The summed E-state index contributed by atoms with van der Waals surface area (Å²) in [5.41, 5.74) is 0. The summed E-state index contributed by atoms with van der Waals surface area (Å²) in [7, 11) is 0. The lowest BCUT2D eigenvalue weighted by atomic mass is 10.4. The smallest absolute Gasteiger partial charge is 0.00967 e. The molecule has 2 heteroatoms. The minimum Gasteiger partial charge on any atom is -0.300 e. The van der Waals surface area contributed by atoms with Crippen molar-refractivity contribution in [1.29, 1.82) is 0 Å². The Kier molecular flexibility index (Phi) is 3.57. The van der Waals surface area contributed by atoms with E-state index in [2.05, 4.69) is 24.5 Å². The van der Waals surface area contributed by atoms with E-state index in [9.17, 15) is 0 Å². The second kappa shape index (κ2) is 4.24. The first-order chi connectivity index (χ1) is 4.88. The lowest BCUT2D eigenvalue weighted by molar-refractivity contribution is 0.281. The van der Waals surface area contributed by atoms with E-state index in [1.54, 1.807) is 0 Å². The molecule has 1 nitrogen and oxygen atoms in total. The lowest BCUT2D eigenvalue weighted by Crippen LogP contribution is -2.28. The van der Waals surface area contributed by atoms with Gasteiger partial charge in [0.25, 0.3) is 0 Å². The monoisotopic (exact) mass is 159 g/mol. The van der Waals surface area contributed by atoms with Crippen molar-refractivity contribution >= 4 is 12.6 Å². The zero-order chi connectivity index (χ0) is 7.40. The SMILES string of the molecule is CCCN(CCS)C1CC1. The maximum atomic E-state index is 4.23. The van der Waals surface area contributed by atoms with Crippen LogP contribution in [-0.2, 0) is 0 Å². The zero-order valence-electron chi connectivity index (χ0n) is 6.71. The standard InChI is InChI=1S/C8H17NS/c1-2-5-9(6-7-10)8-3-4-8/h8,10H,2-7H2,1H3. The van der Waals surface area contributed by atoms with Crippen LogP contribution in [0.1, 0.15) is 26.2 Å². The van der Waals surface area contributed by atoms with Gasteiger partial charge in [0.1, 0.15) is 0 Å². The molecule has 60 valence electrons. The number of hydrogen-bond acceptors (Lipinski definition) is 2. The minimum absolute atomic E-state index is 0.923. The molecule has 0 aliphatic heterocycles. The van der Waals surface area contributed by atoms with E-state index in [1.807, 2.05) is 0 Å². The summed E-state index contributed by atoms with van der Waals surface area (Å²) in [6, 6.07) is 0.923. The summed E-state index contributed by atoms with van der Waals surface area (Å²) in [5, 5.41) is 0. The maximum absolute atomic E-state index is 4.23. The molecule has 0 amide bonds. The highest BCUT2D eigenvalue weighted by Gasteiger charge is 2.27. The minimum atomic E-state index is 0.923. The van der Waals surface area contributed by atoms with Gasteiger partial charge in [0.15, 0.2) is 0 Å². The number of hydrogen-bond donors (Lipinski definition) is 1. The summed E-state index contributed by atoms with van der Waals surface area (Å²) in [4.78, 5) is 2.56. The Labute approximate surface area is 69.2 Å². The quantitative estimate of drug-likeness (QED) is 0.599. The largest absolute Gasteiger partial charge is 0.300 e. The molecule has 0 heterocycles. The van der Waals surface area contributed by atoms with Gasteiger partial charge in [0.2, 0.25) is 0 Å². The topological polar surface area (TPSA) is 3.24 Å². The van der Waals surface area contributed by atoms with Gasteiger partial charge in [-0.2, -0.15) is 12.6 Å². The number of nitrogens with zero attached hydrogens (tertiary/aromatic N) is 1. The van der Waals surface area contributed by atoms with Crippen molar-refractivity contribution in [3.8, 4) is 0 Å². The number of rotatable bonds is 5. The summed E-state index contributed by atoms with van der Waals surface area (Å²) in [5.74, 6) is 1.01. The first-order valence-corrected chi connectivity index (χ1v) is 4.86. The Morgan fingerprint density at radius 3 is 2.50 bits per heavy atom. The molecule has 0 aromatic heterocycles. The van der Waals surface area contributed by atoms with Crippen LogP contribution in [0.3, 0.4) is 0 Å². The van der Waals surface area contributed by atoms with Gasteiger partial charge in [0, 0.05) is 18.3 Å². The second-order valence-electron chi connectivity index (χ2n) is 2.99. The van der Waals surface area contributed by atoms with Crippen LogP contribution in [-0.4, -0.2) is 29.8 Å². The molecular formula is C8H17NS. The fourth-order valence-electron chi connectivity index (χ4n) is 1.33. The van der Waals surface area contributed by atoms with Crippen molar-refractivity contribution in [3.63, 3.8) is 0 Å². The third-order valence-corrected chi connectivity index (χ3v) is 2.16. The van der Waals surface area contributed by atoms with Gasteiger partial charge in [-0.05, 0) is 25.8 Å². The molecule has 1 rings (SSSR count). The Bertz CT molecular complexity index is 85.3. The van der Waals surface area contributed by atoms with E-state index in [4.69, 9.17) is 0 Å². The highest BCUT2D eigenvalue weighted by molar-refractivity contribution is 7.80. The van der Waals surface area contributed by atoms with Crippen LogP contribution in [0.4, 0.5) is 0 Å². The van der Waals surface area contributed by atoms with Crippen LogP contribution >= 0.6 is 12.6 Å². The lowest BCUT2D eigenvalue weighted by Gasteiger charge is -2.19. The van der Waals surface area contributed by atoms with Crippen LogP contribution in [0.2, 0.25) is 0 Å². The molecule has 0 aromatic carbocycles. The fourth-order valence-corrected chi connectivity index (χ4v) is 1.59. The molecule has 1 aliphatic carbocycles. The molecule has 0 atom stereocenters. The highest BCUT2D eigenvalue weighted by Crippen LogP contribution is 2.26. The van der Waals surface area contributed by atoms with Crippen molar-refractivity contribution in [2.75, 3.05) is 18.8 Å². The van der Waals surface area contributed by atoms with E-state index in [0.717, 1.165) is 11.8 Å². The molecule has 0 N–H and O–H groups in total. The summed E-state index contributed by atoms with van der Waals surface area (Å²) < 4.78 is 0. The van der Waals surface area contributed by atoms with Gasteiger partial charge < -0.3 is 0 Å². The van der Waals surface area contributed by atoms with Gasteiger partial charge >= 0.3 is 0 Å². The highest BCUT2D eigenvalue weighted by atomic mass is 32.1. The average molecular weight is 159 g/mol. The molecular weight excluding hydrogens is 142 g/mol. The summed E-state index contributed by atoms with van der Waals surface area (Å²) >= 11 is 4.23. The Morgan fingerprint density at radius 2 is 2.10 bits per heavy atom. The van der Waals surface area contributed by atoms with Gasteiger partial charge in [0.05, 0.1) is 0 Å². The van der Waals surface area contributed by atoms with Gasteiger partial charge in [-0.3, -0.25) is 4.90 Å². The van der Waals surface area contributed by atoms with Crippen LogP contribution in [0, 0.1) is 0 Å². The molecule has 0 spiro atoms. The Hall–Kier alpha value is 0.310. The van der Waals surface area contributed by atoms with Crippen LogP contribution in [0.25, 0.3) is 0 Å². The summed E-state index contributed by atoms with van der Waals surface area (Å²) in [6.45, 7) is 4.70. The molecule has 1 saturated carbocycles. The van der Waals surface area contributed by atoms with Crippen molar-refractivity contribution in [1.82, 2.24) is 4.90 Å². The fraction of sp³-hybridized carbons (Fsp3) is 1.00. The Balaban J connectivity index is 2.13. The molecule has 0 saturated heterocycles. The average Bonchev–Trinajstić information content (AvgIpc) is 2.69. The first-order valence-electron chi connectivity index (χ1n) is 4.23. The van der Waals surface area contributed by atoms with Crippen molar-refractivity contribution in [2.24, 2.45) is 0 Å². The van der Waals surface area contributed by atoms with Crippen LogP contribution < -0.4 is 0 Å². The Morgan fingerprint density at radius 1 is 1.40 bits per heavy atom. The van der Waals surface area contributed by atoms with Gasteiger partial charge in [-0.15, -0.1) is 0 Å². The number of thiol groups is 1. The molecule has 0 bridgehead atoms. The van der Waals surface area contributed by atoms with E-state index >= 15 is 0 Å². The van der Waals surface area contributed by atoms with Crippen molar-refractivity contribution in [2.45, 2.75) is 32.2 Å². The zero-order valence-corrected chi connectivity index (χ0v) is 7.61. The summed E-state index contributed by atoms with van der Waals surface area (Å²) in [6.07, 6.45) is 4.13. The molecule has 0 radical (unpaired) electrons.